The van der Waals surface area contributed by atoms with Gasteiger partial charge in [0.1, 0.15) is 13.2 Å². The van der Waals surface area contributed by atoms with Crippen molar-refractivity contribution in [3.05, 3.63) is 93.0 Å². The fourth-order valence-corrected chi connectivity index (χ4v) is 7.14. The molecule has 2 aliphatic rings. The summed E-state index contributed by atoms with van der Waals surface area (Å²) in [4.78, 5) is 31.4. The molecule has 0 bridgehead atoms. The first-order valence-corrected chi connectivity index (χ1v) is 19.7. The number of carbonyl (C=O) groups is 2. The van der Waals surface area contributed by atoms with Gasteiger partial charge in [-0.05, 0) is 96.9 Å². The van der Waals surface area contributed by atoms with E-state index in [9.17, 15) is 19.8 Å². The number of methoxy groups -OCH3 is 2. The minimum atomic E-state index is -1.05. The Morgan fingerprint density at radius 1 is 0.655 bits per heavy atom. The maximum atomic E-state index is 10.9. The van der Waals surface area contributed by atoms with Crippen molar-refractivity contribution in [3.63, 3.8) is 0 Å². The standard InChI is InChI=1S/C44H54N4O10/c1-25-29(23-57-43-37(27-11-12-27)15-31(41(47-43)55-3)19-45-21-33(49)17-39(51)52)7-5-9-35(25)36-10-6-8-30(26(36)2)24-58-44-38(28-13-14-28)16-32(42(48-44)56-4)20-46-22-34(50)18-40(53)54/h5-10,15-16,27-28,33-34,45-46,49-50H,11-14,17-24H2,1-4H3,(H,51,52)(H,53,54). The molecule has 0 spiro atoms. The molecule has 2 aromatic heterocycles. The summed E-state index contributed by atoms with van der Waals surface area (Å²) in [6.45, 7) is 5.79. The highest BCUT2D eigenvalue weighted by Gasteiger charge is 2.31. The summed E-state index contributed by atoms with van der Waals surface area (Å²) in [5.74, 6) is 0.468. The van der Waals surface area contributed by atoms with Gasteiger partial charge in [-0.3, -0.25) is 9.59 Å². The Bertz CT molecular complexity index is 1940. The molecule has 6 rings (SSSR count). The highest BCUT2D eigenvalue weighted by Crippen LogP contribution is 2.46. The van der Waals surface area contributed by atoms with E-state index in [-0.39, 0.29) is 25.9 Å². The third-order valence-corrected chi connectivity index (χ3v) is 10.7. The van der Waals surface area contributed by atoms with Gasteiger partial charge in [-0.15, -0.1) is 0 Å². The van der Waals surface area contributed by atoms with E-state index in [1.54, 1.807) is 14.2 Å². The summed E-state index contributed by atoms with van der Waals surface area (Å²) in [5.41, 5.74) is 10.0. The first-order valence-electron chi connectivity index (χ1n) is 19.7. The Labute approximate surface area is 338 Å². The third kappa shape index (κ3) is 11.0. The van der Waals surface area contributed by atoms with E-state index >= 15 is 0 Å². The van der Waals surface area contributed by atoms with Crippen molar-refractivity contribution in [2.24, 2.45) is 0 Å². The van der Waals surface area contributed by atoms with Gasteiger partial charge in [0, 0.05) is 48.4 Å². The van der Waals surface area contributed by atoms with Crippen LogP contribution in [0, 0.1) is 13.8 Å². The first kappa shape index (κ1) is 42.3. The number of carboxylic acids is 2. The Hall–Kier alpha value is -5.28. The van der Waals surface area contributed by atoms with E-state index in [1.807, 2.05) is 24.3 Å². The van der Waals surface area contributed by atoms with Crippen molar-refractivity contribution in [1.82, 2.24) is 20.6 Å². The molecule has 4 aromatic rings. The zero-order valence-electron chi connectivity index (χ0n) is 33.5. The maximum Gasteiger partial charge on any atom is 0.306 e. The van der Waals surface area contributed by atoms with E-state index < -0.39 is 24.1 Å². The zero-order chi connectivity index (χ0) is 41.3. The molecule has 6 N–H and O–H groups in total. The van der Waals surface area contributed by atoms with Crippen LogP contribution in [0.4, 0.5) is 0 Å². The molecule has 58 heavy (non-hydrogen) atoms. The van der Waals surface area contributed by atoms with Crippen LogP contribution in [0.5, 0.6) is 23.5 Å². The second-order valence-corrected chi connectivity index (χ2v) is 15.2. The number of ether oxygens (including phenoxy) is 4. The molecule has 2 atom stereocenters. The summed E-state index contributed by atoms with van der Waals surface area (Å²) >= 11 is 0. The number of aliphatic hydroxyl groups is 2. The number of nitrogens with zero attached hydrogens (tertiary/aromatic N) is 2. The van der Waals surface area contributed by atoms with Crippen molar-refractivity contribution >= 4 is 11.9 Å². The number of rotatable bonds is 23. The van der Waals surface area contributed by atoms with Crippen LogP contribution >= 0.6 is 0 Å². The summed E-state index contributed by atoms with van der Waals surface area (Å²) in [6, 6.07) is 16.5. The van der Waals surface area contributed by atoms with E-state index in [0.717, 1.165) is 81.3 Å². The fraction of sp³-hybridized carbons (Fsp3) is 0.455. The number of pyridine rings is 2. The molecule has 310 valence electrons. The minimum Gasteiger partial charge on any atom is -0.481 e. The molecular weight excluding hydrogens is 745 g/mol. The Balaban J connectivity index is 1.15. The zero-order valence-corrected chi connectivity index (χ0v) is 33.5. The number of nitrogens with one attached hydrogen (secondary N) is 2. The van der Waals surface area contributed by atoms with Crippen molar-refractivity contribution in [1.29, 1.82) is 0 Å². The number of aliphatic hydroxyl groups excluding tert-OH is 2. The normalized spacial score (nSPS) is 14.8. The van der Waals surface area contributed by atoms with E-state index in [2.05, 4.69) is 48.7 Å². The van der Waals surface area contributed by atoms with E-state index in [4.69, 9.17) is 39.1 Å². The lowest BCUT2D eigenvalue weighted by atomic mass is 9.92. The summed E-state index contributed by atoms with van der Waals surface area (Å²) in [5, 5.41) is 44.1. The van der Waals surface area contributed by atoms with Crippen molar-refractivity contribution in [2.75, 3.05) is 27.3 Å². The van der Waals surface area contributed by atoms with Crippen LogP contribution in [0.3, 0.4) is 0 Å². The molecule has 2 fully saturated rings. The number of hydrogen-bond acceptors (Lipinski definition) is 12. The van der Waals surface area contributed by atoms with Crippen LogP contribution in [0.15, 0.2) is 48.5 Å². The molecule has 14 heteroatoms. The van der Waals surface area contributed by atoms with Crippen molar-refractivity contribution < 1.29 is 49.0 Å². The molecule has 0 aliphatic heterocycles. The minimum absolute atomic E-state index is 0.131. The average molecular weight is 799 g/mol. The van der Waals surface area contributed by atoms with Crippen LogP contribution in [0.1, 0.15) is 94.9 Å². The lowest BCUT2D eigenvalue weighted by Crippen LogP contribution is -2.28. The van der Waals surface area contributed by atoms with Crippen LogP contribution in [0.25, 0.3) is 11.1 Å². The summed E-state index contributed by atoms with van der Waals surface area (Å²) in [7, 11) is 3.11. The van der Waals surface area contributed by atoms with Gasteiger partial charge in [-0.2, -0.15) is 9.97 Å². The topological polar surface area (TPSA) is 202 Å². The molecule has 2 unspecified atom stereocenters. The van der Waals surface area contributed by atoms with Gasteiger partial charge in [-0.1, -0.05) is 36.4 Å². The van der Waals surface area contributed by atoms with Crippen molar-refractivity contribution in [2.45, 2.75) is 103 Å². The number of benzene rings is 2. The second-order valence-electron chi connectivity index (χ2n) is 15.2. The Kier molecular flexibility index (Phi) is 14.2. The van der Waals surface area contributed by atoms with Crippen LogP contribution < -0.4 is 29.6 Å². The number of carboxylic acid groups (broad SMARTS) is 2. The van der Waals surface area contributed by atoms with Gasteiger partial charge in [0.2, 0.25) is 23.5 Å². The average Bonchev–Trinajstić information content (AvgIpc) is 4.12. The van der Waals surface area contributed by atoms with Gasteiger partial charge in [0.05, 0.1) is 39.3 Å². The van der Waals surface area contributed by atoms with E-state index in [0.29, 0.717) is 61.7 Å². The molecule has 2 aliphatic carbocycles. The number of hydrogen-bond donors (Lipinski definition) is 6. The summed E-state index contributed by atoms with van der Waals surface area (Å²) < 4.78 is 24.1. The van der Waals surface area contributed by atoms with Gasteiger partial charge in [0.25, 0.3) is 0 Å². The number of aromatic nitrogens is 2. The van der Waals surface area contributed by atoms with Gasteiger partial charge < -0.3 is 50.0 Å². The van der Waals surface area contributed by atoms with E-state index in [1.165, 1.54) is 0 Å². The van der Waals surface area contributed by atoms with Crippen LogP contribution in [-0.4, -0.2) is 81.8 Å². The molecule has 0 radical (unpaired) electrons. The van der Waals surface area contributed by atoms with Gasteiger partial charge in [0.15, 0.2) is 0 Å². The molecule has 0 saturated heterocycles. The molecular formula is C44H54N4O10. The number of aliphatic carboxylic acids is 2. The lowest BCUT2D eigenvalue weighted by molar-refractivity contribution is -0.140. The van der Waals surface area contributed by atoms with Crippen LogP contribution in [-0.2, 0) is 35.9 Å². The maximum absolute atomic E-state index is 10.9. The smallest absolute Gasteiger partial charge is 0.306 e. The molecule has 2 saturated carbocycles. The molecule has 2 heterocycles. The lowest BCUT2D eigenvalue weighted by Gasteiger charge is -2.19. The first-order chi connectivity index (χ1) is 27.9. The highest BCUT2D eigenvalue weighted by molar-refractivity contribution is 5.72. The Morgan fingerprint density at radius 3 is 1.40 bits per heavy atom. The molecule has 14 nitrogen and oxygen atoms in total. The largest absolute Gasteiger partial charge is 0.481 e. The quantitative estimate of drug-likeness (QED) is 0.0546. The van der Waals surface area contributed by atoms with Gasteiger partial charge >= 0.3 is 11.9 Å². The molecule has 2 aromatic carbocycles. The monoisotopic (exact) mass is 798 g/mol. The summed E-state index contributed by atoms with van der Waals surface area (Å²) in [6.07, 6.45) is 1.51. The predicted octanol–water partition coefficient (Wildman–Crippen LogP) is 5.54. The third-order valence-electron chi connectivity index (χ3n) is 10.7. The van der Waals surface area contributed by atoms with Crippen LogP contribution in [0.2, 0.25) is 0 Å². The SMILES string of the molecule is COc1nc(OCc2cccc(-c3cccc(COc4nc(OC)c(CNCC(O)CC(=O)O)cc4C4CC4)c3C)c2C)c(C2CC2)cc1CNCC(O)CC(=O)O. The fourth-order valence-electron chi connectivity index (χ4n) is 7.14. The van der Waals surface area contributed by atoms with Gasteiger partial charge in [-0.25, -0.2) is 0 Å². The van der Waals surface area contributed by atoms with Crippen molar-refractivity contribution in [3.8, 4) is 34.6 Å². The second kappa shape index (κ2) is 19.4. The predicted molar refractivity (Wildman–Crippen MR) is 215 cm³/mol. The Morgan fingerprint density at radius 2 is 1.05 bits per heavy atom. The highest BCUT2D eigenvalue weighted by atomic mass is 16.5. The molecule has 0 amide bonds.